The lowest BCUT2D eigenvalue weighted by molar-refractivity contribution is -0.107. The van der Waals surface area contributed by atoms with Crippen molar-refractivity contribution in [3.8, 4) is 11.5 Å². The molecule has 0 saturated heterocycles. The largest absolute Gasteiger partial charge is 0.334 e. The number of nitrogens with zero attached hydrogens (tertiary/aromatic N) is 3. The van der Waals surface area contributed by atoms with Gasteiger partial charge >= 0.3 is 0 Å². The Kier molecular flexibility index (Phi) is 2.31. The molecule has 2 aromatic rings. The summed E-state index contributed by atoms with van der Waals surface area (Å²) in [4.78, 5) is 18.1. The molecule has 0 aliphatic carbocycles. The molecule has 0 spiro atoms. The zero-order valence-electron chi connectivity index (χ0n) is 7.25. The maximum absolute atomic E-state index is 10.2. The molecular formula is C9H7N3O2. The van der Waals surface area contributed by atoms with Crippen molar-refractivity contribution in [3.05, 3.63) is 30.4 Å². The van der Waals surface area contributed by atoms with Crippen molar-refractivity contribution in [2.75, 3.05) is 0 Å². The normalized spacial score (nSPS) is 10.0. The summed E-state index contributed by atoms with van der Waals surface area (Å²) >= 11 is 0. The van der Waals surface area contributed by atoms with Crippen LogP contribution in [0.4, 0.5) is 0 Å². The second-order valence-electron chi connectivity index (χ2n) is 2.62. The van der Waals surface area contributed by atoms with Crippen LogP contribution in [0.15, 0.2) is 29.0 Å². The van der Waals surface area contributed by atoms with E-state index in [1.165, 1.54) is 0 Å². The lowest BCUT2D eigenvalue weighted by Crippen LogP contribution is -1.87. The highest BCUT2D eigenvalue weighted by atomic mass is 16.5. The van der Waals surface area contributed by atoms with E-state index < -0.39 is 0 Å². The van der Waals surface area contributed by atoms with Gasteiger partial charge in [0.1, 0.15) is 6.29 Å². The molecular weight excluding hydrogens is 182 g/mol. The molecule has 0 N–H and O–H groups in total. The number of aldehydes is 1. The summed E-state index contributed by atoms with van der Waals surface area (Å²) < 4.78 is 4.96. The maximum Gasteiger partial charge on any atom is 0.258 e. The van der Waals surface area contributed by atoms with Gasteiger partial charge in [0.2, 0.25) is 0 Å². The number of hydrogen-bond donors (Lipinski definition) is 0. The van der Waals surface area contributed by atoms with Crippen molar-refractivity contribution in [1.82, 2.24) is 15.1 Å². The standard InChI is InChI=1S/C9H7N3O2/c13-6-3-8-11-9(14-12-8)7-1-4-10-5-2-7/h1-2,4-6H,3H2. The highest BCUT2D eigenvalue weighted by Gasteiger charge is 2.06. The summed E-state index contributed by atoms with van der Waals surface area (Å²) in [5, 5.41) is 3.64. The van der Waals surface area contributed by atoms with Crippen molar-refractivity contribution in [3.63, 3.8) is 0 Å². The Hall–Kier alpha value is -2.04. The van der Waals surface area contributed by atoms with Crippen LogP contribution in [0.2, 0.25) is 0 Å². The number of carbonyl (C=O) groups excluding carboxylic acids is 1. The van der Waals surface area contributed by atoms with E-state index >= 15 is 0 Å². The summed E-state index contributed by atoms with van der Waals surface area (Å²) in [6, 6.07) is 3.52. The second-order valence-corrected chi connectivity index (χ2v) is 2.62. The first kappa shape index (κ1) is 8.55. The molecule has 70 valence electrons. The van der Waals surface area contributed by atoms with E-state index in [0.29, 0.717) is 11.7 Å². The summed E-state index contributed by atoms with van der Waals surface area (Å²) in [5.74, 6) is 0.802. The van der Waals surface area contributed by atoms with E-state index in [9.17, 15) is 4.79 Å². The highest BCUT2D eigenvalue weighted by Crippen LogP contribution is 2.14. The molecule has 0 bridgehead atoms. The van der Waals surface area contributed by atoms with Crippen molar-refractivity contribution in [1.29, 1.82) is 0 Å². The molecule has 2 heterocycles. The fourth-order valence-corrected chi connectivity index (χ4v) is 1.02. The summed E-state index contributed by atoms with van der Waals surface area (Å²) in [6.45, 7) is 0. The summed E-state index contributed by atoms with van der Waals surface area (Å²) in [6.07, 6.45) is 4.19. The molecule has 0 atom stereocenters. The first-order valence-electron chi connectivity index (χ1n) is 4.07. The Balaban J connectivity index is 2.29. The van der Waals surface area contributed by atoms with E-state index in [2.05, 4.69) is 15.1 Å². The van der Waals surface area contributed by atoms with Crippen molar-refractivity contribution in [2.45, 2.75) is 6.42 Å². The van der Waals surface area contributed by atoms with Crippen LogP contribution >= 0.6 is 0 Å². The van der Waals surface area contributed by atoms with E-state index in [-0.39, 0.29) is 6.42 Å². The van der Waals surface area contributed by atoms with Gasteiger partial charge in [-0.2, -0.15) is 4.98 Å². The van der Waals surface area contributed by atoms with E-state index in [1.54, 1.807) is 24.5 Å². The zero-order valence-corrected chi connectivity index (χ0v) is 7.25. The van der Waals surface area contributed by atoms with Crippen LogP contribution in [0.25, 0.3) is 11.5 Å². The minimum absolute atomic E-state index is 0.175. The summed E-state index contributed by atoms with van der Waals surface area (Å²) in [5.41, 5.74) is 0.796. The smallest absolute Gasteiger partial charge is 0.258 e. The average molecular weight is 189 g/mol. The fraction of sp³-hybridized carbons (Fsp3) is 0.111. The van der Waals surface area contributed by atoms with E-state index in [4.69, 9.17) is 4.52 Å². The molecule has 0 aliphatic rings. The quantitative estimate of drug-likeness (QED) is 0.670. The zero-order chi connectivity index (χ0) is 9.80. The average Bonchev–Trinajstić information content (AvgIpc) is 2.68. The van der Waals surface area contributed by atoms with Gasteiger partial charge in [0.25, 0.3) is 5.89 Å². The van der Waals surface area contributed by atoms with E-state index in [1.807, 2.05) is 0 Å². The molecule has 0 fully saturated rings. The Morgan fingerprint density at radius 3 is 2.86 bits per heavy atom. The molecule has 0 saturated carbocycles. The SMILES string of the molecule is O=CCc1noc(-c2ccncc2)n1. The van der Waals surface area contributed by atoms with Gasteiger partial charge in [0.05, 0.1) is 6.42 Å². The van der Waals surface area contributed by atoms with Crippen molar-refractivity contribution < 1.29 is 9.32 Å². The van der Waals surface area contributed by atoms with Gasteiger partial charge < -0.3 is 9.32 Å². The Morgan fingerprint density at radius 1 is 1.36 bits per heavy atom. The molecule has 0 radical (unpaired) electrons. The molecule has 0 unspecified atom stereocenters. The Morgan fingerprint density at radius 2 is 2.14 bits per heavy atom. The molecule has 0 aliphatic heterocycles. The molecule has 0 aromatic carbocycles. The molecule has 2 rings (SSSR count). The number of carbonyl (C=O) groups is 1. The van der Waals surface area contributed by atoms with Crippen LogP contribution in [0, 0.1) is 0 Å². The number of aromatic nitrogens is 3. The minimum atomic E-state index is 0.175. The lowest BCUT2D eigenvalue weighted by Gasteiger charge is -1.89. The van der Waals surface area contributed by atoms with Crippen LogP contribution < -0.4 is 0 Å². The third kappa shape index (κ3) is 1.66. The third-order valence-electron chi connectivity index (χ3n) is 1.66. The predicted octanol–water partition coefficient (Wildman–Crippen LogP) is 0.873. The monoisotopic (exact) mass is 189 g/mol. The topological polar surface area (TPSA) is 68.9 Å². The van der Waals surface area contributed by atoms with Crippen LogP contribution in [-0.4, -0.2) is 21.4 Å². The van der Waals surface area contributed by atoms with Crippen LogP contribution in [-0.2, 0) is 11.2 Å². The first-order chi connectivity index (χ1) is 6.90. The molecule has 14 heavy (non-hydrogen) atoms. The minimum Gasteiger partial charge on any atom is -0.334 e. The molecule has 0 amide bonds. The Labute approximate surface area is 79.8 Å². The number of hydrogen-bond acceptors (Lipinski definition) is 5. The highest BCUT2D eigenvalue weighted by molar-refractivity contribution is 5.54. The molecule has 5 heteroatoms. The number of pyridine rings is 1. The van der Waals surface area contributed by atoms with Crippen LogP contribution in [0.1, 0.15) is 5.82 Å². The van der Waals surface area contributed by atoms with Gasteiger partial charge in [0.15, 0.2) is 5.82 Å². The van der Waals surface area contributed by atoms with Crippen molar-refractivity contribution in [2.24, 2.45) is 0 Å². The van der Waals surface area contributed by atoms with Gasteiger partial charge in [-0.3, -0.25) is 4.98 Å². The van der Waals surface area contributed by atoms with Crippen LogP contribution in [0.5, 0.6) is 0 Å². The van der Waals surface area contributed by atoms with Crippen LogP contribution in [0.3, 0.4) is 0 Å². The Bertz CT molecular complexity index is 425. The molecule has 2 aromatic heterocycles. The maximum atomic E-state index is 10.2. The van der Waals surface area contributed by atoms with Gasteiger partial charge in [-0.1, -0.05) is 5.16 Å². The third-order valence-corrected chi connectivity index (χ3v) is 1.66. The molecule has 5 nitrogen and oxygen atoms in total. The predicted molar refractivity (Wildman–Crippen MR) is 47.3 cm³/mol. The van der Waals surface area contributed by atoms with Gasteiger partial charge in [0, 0.05) is 18.0 Å². The lowest BCUT2D eigenvalue weighted by atomic mass is 10.3. The fourth-order valence-electron chi connectivity index (χ4n) is 1.02. The van der Waals surface area contributed by atoms with Crippen molar-refractivity contribution >= 4 is 6.29 Å². The number of rotatable bonds is 3. The summed E-state index contributed by atoms with van der Waals surface area (Å²) in [7, 11) is 0. The van der Waals surface area contributed by atoms with Gasteiger partial charge in [-0.15, -0.1) is 0 Å². The second kappa shape index (κ2) is 3.78. The van der Waals surface area contributed by atoms with Gasteiger partial charge in [-0.25, -0.2) is 0 Å². The van der Waals surface area contributed by atoms with E-state index in [0.717, 1.165) is 11.8 Å². The first-order valence-corrected chi connectivity index (χ1v) is 4.07. The van der Waals surface area contributed by atoms with Gasteiger partial charge in [-0.05, 0) is 12.1 Å².